The summed E-state index contributed by atoms with van der Waals surface area (Å²) in [6.45, 7) is 4.40. The van der Waals surface area contributed by atoms with Crippen LogP contribution in [0, 0.1) is 17.0 Å². The Morgan fingerprint density at radius 1 is 1.11 bits per heavy atom. The fourth-order valence-electron chi connectivity index (χ4n) is 3.41. The van der Waals surface area contributed by atoms with Crippen LogP contribution >= 0.6 is 15.9 Å². The van der Waals surface area contributed by atoms with Crippen molar-refractivity contribution < 1.29 is 23.9 Å². The van der Waals surface area contributed by atoms with Crippen molar-refractivity contribution in [2.24, 2.45) is 4.99 Å². The fourth-order valence-corrected chi connectivity index (χ4v) is 3.99. The Labute approximate surface area is 210 Å². The second-order valence-corrected chi connectivity index (χ2v) is 8.54. The van der Waals surface area contributed by atoms with Crippen LogP contribution in [0.25, 0.3) is 6.08 Å². The molecule has 4 rings (SSSR count). The number of aliphatic imine (C=N–C) groups is 1. The van der Waals surface area contributed by atoms with E-state index < -0.39 is 10.9 Å². The number of ether oxygens (including phenoxy) is 3. The Morgan fingerprint density at radius 3 is 2.57 bits per heavy atom. The summed E-state index contributed by atoms with van der Waals surface area (Å²) in [6, 6.07) is 17.2. The molecular formula is C26H21BrN2O6. The molecule has 0 aliphatic carbocycles. The van der Waals surface area contributed by atoms with E-state index in [2.05, 4.69) is 20.9 Å². The van der Waals surface area contributed by atoms with Gasteiger partial charge in [-0.1, -0.05) is 17.7 Å². The third-order valence-electron chi connectivity index (χ3n) is 5.05. The molecule has 3 aromatic carbocycles. The van der Waals surface area contributed by atoms with E-state index in [1.54, 1.807) is 30.3 Å². The van der Waals surface area contributed by atoms with Crippen LogP contribution in [0.1, 0.15) is 29.2 Å². The highest BCUT2D eigenvalue weighted by molar-refractivity contribution is 9.10. The van der Waals surface area contributed by atoms with E-state index in [-0.39, 0.29) is 23.9 Å². The number of non-ortho nitro benzene ring substituents is 1. The van der Waals surface area contributed by atoms with Crippen molar-refractivity contribution in [3.63, 3.8) is 0 Å². The first-order valence-electron chi connectivity index (χ1n) is 10.8. The number of halogens is 1. The molecule has 9 heteroatoms. The zero-order valence-corrected chi connectivity index (χ0v) is 20.6. The topological polar surface area (TPSA) is 100 Å². The highest BCUT2D eigenvalue weighted by Gasteiger charge is 2.24. The number of rotatable bonds is 8. The van der Waals surface area contributed by atoms with E-state index in [4.69, 9.17) is 14.2 Å². The lowest BCUT2D eigenvalue weighted by molar-refractivity contribution is -0.384. The van der Waals surface area contributed by atoms with Crippen LogP contribution in [-0.4, -0.2) is 23.4 Å². The number of hydrogen-bond donors (Lipinski definition) is 0. The molecule has 0 aromatic heterocycles. The second kappa shape index (κ2) is 10.5. The monoisotopic (exact) mass is 536 g/mol. The lowest BCUT2D eigenvalue weighted by Gasteiger charge is -2.15. The standard InChI is InChI=1S/C26H21BrN2O6/c1-3-33-23-14-18(13-22-26(30)35-25(28-22)19-6-4-5-16(2)11-19)12-21(27)24(23)34-15-17-7-9-20(10-8-17)29(31)32/h4-14H,3,15H2,1-2H3/b22-13-. The smallest absolute Gasteiger partial charge is 0.363 e. The summed E-state index contributed by atoms with van der Waals surface area (Å²) < 4.78 is 17.7. The van der Waals surface area contributed by atoms with Gasteiger partial charge in [0, 0.05) is 17.7 Å². The summed E-state index contributed by atoms with van der Waals surface area (Å²) in [6.07, 6.45) is 1.62. The third-order valence-corrected chi connectivity index (χ3v) is 5.64. The van der Waals surface area contributed by atoms with Crippen molar-refractivity contribution in [3.8, 4) is 11.5 Å². The van der Waals surface area contributed by atoms with Crippen molar-refractivity contribution >= 4 is 39.6 Å². The van der Waals surface area contributed by atoms with E-state index >= 15 is 0 Å². The first-order chi connectivity index (χ1) is 16.8. The average molecular weight is 537 g/mol. The zero-order chi connectivity index (χ0) is 24.9. The quantitative estimate of drug-likeness (QED) is 0.152. The molecule has 0 saturated carbocycles. The molecule has 3 aromatic rings. The van der Waals surface area contributed by atoms with Crippen LogP contribution in [0.2, 0.25) is 0 Å². The lowest BCUT2D eigenvalue weighted by atomic mass is 10.1. The molecule has 178 valence electrons. The molecule has 0 fully saturated rings. The van der Waals surface area contributed by atoms with Crippen LogP contribution < -0.4 is 9.47 Å². The number of esters is 1. The van der Waals surface area contributed by atoms with Gasteiger partial charge in [-0.15, -0.1) is 0 Å². The summed E-state index contributed by atoms with van der Waals surface area (Å²) in [4.78, 5) is 27.2. The minimum absolute atomic E-state index is 0.0148. The summed E-state index contributed by atoms with van der Waals surface area (Å²) in [5, 5.41) is 10.8. The van der Waals surface area contributed by atoms with Gasteiger partial charge in [-0.3, -0.25) is 10.1 Å². The van der Waals surface area contributed by atoms with E-state index in [1.165, 1.54) is 12.1 Å². The number of carbonyl (C=O) groups excluding carboxylic acids is 1. The second-order valence-electron chi connectivity index (χ2n) is 7.68. The van der Waals surface area contributed by atoms with Crippen LogP contribution in [0.4, 0.5) is 5.69 Å². The normalized spacial score (nSPS) is 14.0. The zero-order valence-electron chi connectivity index (χ0n) is 19.0. The van der Waals surface area contributed by atoms with Gasteiger partial charge in [-0.2, -0.15) is 0 Å². The predicted molar refractivity (Wildman–Crippen MR) is 135 cm³/mol. The Hall–Kier alpha value is -3.98. The number of nitrogens with zero attached hydrogens (tertiary/aromatic N) is 2. The summed E-state index contributed by atoms with van der Waals surface area (Å²) >= 11 is 3.52. The van der Waals surface area contributed by atoms with E-state index in [0.717, 1.165) is 16.7 Å². The summed E-state index contributed by atoms with van der Waals surface area (Å²) in [5.41, 5.74) is 3.39. The van der Waals surface area contributed by atoms with Crippen molar-refractivity contribution in [3.05, 3.63) is 103 Å². The average Bonchev–Trinajstić information content (AvgIpc) is 3.19. The number of benzene rings is 3. The molecule has 0 spiro atoms. The maximum Gasteiger partial charge on any atom is 0.363 e. The van der Waals surface area contributed by atoms with Gasteiger partial charge >= 0.3 is 5.97 Å². The number of nitro benzene ring substituents is 1. The van der Waals surface area contributed by atoms with Crippen LogP contribution in [0.5, 0.6) is 11.5 Å². The molecule has 35 heavy (non-hydrogen) atoms. The number of nitro groups is 1. The van der Waals surface area contributed by atoms with Gasteiger partial charge in [0.05, 0.1) is 16.0 Å². The summed E-state index contributed by atoms with van der Waals surface area (Å²) in [5.74, 6) is 0.682. The maximum absolute atomic E-state index is 12.4. The van der Waals surface area contributed by atoms with Crippen LogP contribution in [0.15, 0.2) is 75.8 Å². The molecule has 1 aliphatic heterocycles. The van der Waals surface area contributed by atoms with Gasteiger partial charge in [0.2, 0.25) is 5.90 Å². The van der Waals surface area contributed by atoms with Crippen LogP contribution in [0.3, 0.4) is 0 Å². The van der Waals surface area contributed by atoms with Gasteiger partial charge < -0.3 is 14.2 Å². The van der Waals surface area contributed by atoms with Crippen molar-refractivity contribution in [1.29, 1.82) is 0 Å². The van der Waals surface area contributed by atoms with Gasteiger partial charge in [0.25, 0.3) is 5.69 Å². The van der Waals surface area contributed by atoms with E-state index in [0.29, 0.717) is 28.1 Å². The highest BCUT2D eigenvalue weighted by Crippen LogP contribution is 2.38. The van der Waals surface area contributed by atoms with Gasteiger partial charge in [-0.05, 0) is 83.4 Å². The van der Waals surface area contributed by atoms with Crippen molar-refractivity contribution in [2.75, 3.05) is 6.61 Å². The number of cyclic esters (lactones) is 1. The highest BCUT2D eigenvalue weighted by atomic mass is 79.9. The molecular weight excluding hydrogens is 516 g/mol. The fraction of sp³-hybridized carbons (Fsp3) is 0.154. The first kappa shape index (κ1) is 24.2. The first-order valence-corrected chi connectivity index (χ1v) is 11.6. The molecule has 0 saturated heterocycles. The lowest BCUT2D eigenvalue weighted by Crippen LogP contribution is -2.05. The van der Waals surface area contributed by atoms with Gasteiger partial charge in [0.15, 0.2) is 17.2 Å². The van der Waals surface area contributed by atoms with Gasteiger partial charge in [-0.25, -0.2) is 9.79 Å². The van der Waals surface area contributed by atoms with E-state index in [9.17, 15) is 14.9 Å². The van der Waals surface area contributed by atoms with Crippen LogP contribution in [-0.2, 0) is 16.1 Å². The Balaban J connectivity index is 1.58. The minimum Gasteiger partial charge on any atom is -0.490 e. The third kappa shape index (κ3) is 5.75. The molecule has 0 unspecified atom stereocenters. The summed E-state index contributed by atoms with van der Waals surface area (Å²) in [7, 11) is 0. The largest absolute Gasteiger partial charge is 0.490 e. The Kier molecular flexibility index (Phi) is 7.26. The predicted octanol–water partition coefficient (Wildman–Crippen LogP) is 5.99. The Bertz CT molecular complexity index is 1350. The number of hydrogen-bond acceptors (Lipinski definition) is 7. The number of carbonyl (C=O) groups is 1. The maximum atomic E-state index is 12.4. The van der Waals surface area contributed by atoms with Gasteiger partial charge in [0.1, 0.15) is 6.61 Å². The van der Waals surface area contributed by atoms with Crippen molar-refractivity contribution in [1.82, 2.24) is 0 Å². The molecule has 1 heterocycles. The molecule has 1 aliphatic rings. The minimum atomic E-state index is -0.533. The Morgan fingerprint density at radius 2 is 1.89 bits per heavy atom. The molecule has 0 amide bonds. The molecule has 0 radical (unpaired) electrons. The molecule has 8 nitrogen and oxygen atoms in total. The van der Waals surface area contributed by atoms with E-state index in [1.807, 2.05) is 38.1 Å². The SMILES string of the molecule is CCOc1cc(/C=C2\N=C(c3cccc(C)c3)OC2=O)cc(Br)c1OCc1ccc([N+](=O)[O-])cc1. The molecule has 0 N–H and O–H groups in total. The van der Waals surface area contributed by atoms with Crippen molar-refractivity contribution in [2.45, 2.75) is 20.5 Å². The molecule has 0 atom stereocenters. The molecule has 0 bridgehead atoms. The number of aryl methyl sites for hydroxylation is 1.